The van der Waals surface area contributed by atoms with Gasteiger partial charge in [0.05, 0.1) is 29.6 Å². The third-order valence-electron chi connectivity index (χ3n) is 4.55. The van der Waals surface area contributed by atoms with E-state index in [-0.39, 0.29) is 22.9 Å². The lowest BCUT2D eigenvalue weighted by atomic mass is 10.1. The van der Waals surface area contributed by atoms with E-state index in [2.05, 4.69) is 19.9 Å². The first-order valence-corrected chi connectivity index (χ1v) is 10.5. The summed E-state index contributed by atoms with van der Waals surface area (Å²) < 4.78 is 4.87. The van der Waals surface area contributed by atoms with Crippen molar-refractivity contribution >= 4 is 34.3 Å². The molecule has 2 aromatic heterocycles. The van der Waals surface area contributed by atoms with Crippen LogP contribution < -0.4 is 0 Å². The Morgan fingerprint density at radius 1 is 1.06 bits per heavy atom. The second-order valence-electron chi connectivity index (χ2n) is 6.75. The molecule has 0 atom stereocenters. The van der Waals surface area contributed by atoms with E-state index in [9.17, 15) is 9.90 Å². The average Bonchev–Trinajstić information content (AvgIpc) is 3.21. The van der Waals surface area contributed by atoms with Gasteiger partial charge in [0, 0.05) is 11.3 Å². The zero-order valence-electron chi connectivity index (χ0n) is 17.0. The first-order valence-electron chi connectivity index (χ1n) is 9.54. The number of H-pyrrole nitrogens is 1. The van der Waals surface area contributed by atoms with Gasteiger partial charge in [-0.15, -0.1) is 0 Å². The van der Waals surface area contributed by atoms with Crippen LogP contribution in [0.15, 0.2) is 71.6 Å². The Hall–Kier alpha value is -3.65. The maximum Gasteiger partial charge on any atom is 0.345 e. The van der Waals surface area contributed by atoms with Crippen molar-refractivity contribution in [3.05, 3.63) is 77.9 Å². The van der Waals surface area contributed by atoms with Crippen molar-refractivity contribution in [3.63, 3.8) is 0 Å². The molecule has 0 radical (unpaired) electrons. The molecule has 4 rings (SSSR count). The Kier molecular flexibility index (Phi) is 5.99. The number of carbonyl (C=O) groups excluding carboxylic acids is 1. The maximum absolute atomic E-state index is 12.4. The molecule has 4 aromatic rings. The SMILES string of the molecule is COC(=O)/C(=C(/O)CSc1nc(C)cc(-c2ccccc2)n1)c1nc2ccccc2[nH]1. The number of nitrogens with zero attached hydrogens (tertiary/aromatic N) is 3. The van der Waals surface area contributed by atoms with Gasteiger partial charge in [-0.2, -0.15) is 0 Å². The minimum absolute atomic E-state index is 0.0119. The molecule has 0 unspecified atom stereocenters. The zero-order valence-corrected chi connectivity index (χ0v) is 17.8. The molecule has 0 saturated heterocycles. The van der Waals surface area contributed by atoms with Gasteiger partial charge in [0.2, 0.25) is 0 Å². The molecule has 2 aromatic carbocycles. The Bertz CT molecular complexity index is 1240. The standard InChI is InChI=1S/C23H20N4O3S/c1-14-12-18(15-8-4-3-5-9-15)27-23(24-14)31-13-19(28)20(22(29)30-2)21-25-16-10-6-7-11-17(16)26-21/h3-12,28H,13H2,1-2H3,(H,25,26)/b20-19+. The number of aromatic amines is 1. The Labute approximate surface area is 183 Å². The van der Waals surface area contributed by atoms with Gasteiger partial charge in [0.25, 0.3) is 0 Å². The number of aliphatic hydroxyl groups excluding tert-OH is 1. The van der Waals surface area contributed by atoms with Gasteiger partial charge in [-0.1, -0.05) is 54.2 Å². The molecule has 0 bridgehead atoms. The fourth-order valence-corrected chi connectivity index (χ4v) is 3.87. The number of para-hydroxylation sites is 2. The maximum atomic E-state index is 12.4. The van der Waals surface area contributed by atoms with Gasteiger partial charge < -0.3 is 14.8 Å². The van der Waals surface area contributed by atoms with Gasteiger partial charge in [-0.3, -0.25) is 0 Å². The van der Waals surface area contributed by atoms with E-state index >= 15 is 0 Å². The molecule has 0 saturated carbocycles. The van der Waals surface area contributed by atoms with Crippen molar-refractivity contribution in [1.29, 1.82) is 0 Å². The zero-order chi connectivity index (χ0) is 21.8. The van der Waals surface area contributed by atoms with Crippen molar-refractivity contribution in [3.8, 4) is 11.3 Å². The first kappa shape index (κ1) is 20.6. The fraction of sp³-hybridized carbons (Fsp3) is 0.130. The first-order chi connectivity index (χ1) is 15.0. The second-order valence-corrected chi connectivity index (χ2v) is 7.69. The largest absolute Gasteiger partial charge is 0.510 e. The molecule has 0 amide bonds. The lowest BCUT2D eigenvalue weighted by molar-refractivity contribution is -0.133. The summed E-state index contributed by atoms with van der Waals surface area (Å²) in [6.45, 7) is 1.89. The predicted molar refractivity (Wildman–Crippen MR) is 121 cm³/mol. The van der Waals surface area contributed by atoms with E-state index in [0.717, 1.165) is 22.5 Å². The normalized spacial score (nSPS) is 11.9. The number of carbonyl (C=O) groups is 1. The summed E-state index contributed by atoms with van der Waals surface area (Å²) in [7, 11) is 1.27. The summed E-state index contributed by atoms with van der Waals surface area (Å²) >= 11 is 1.23. The van der Waals surface area contributed by atoms with Crippen molar-refractivity contribution in [2.75, 3.05) is 12.9 Å². The van der Waals surface area contributed by atoms with Gasteiger partial charge in [-0.05, 0) is 25.1 Å². The number of hydrogen-bond donors (Lipinski definition) is 2. The Morgan fingerprint density at radius 3 is 2.55 bits per heavy atom. The molecule has 0 aliphatic rings. The highest BCUT2D eigenvalue weighted by Gasteiger charge is 2.22. The molecule has 2 N–H and O–H groups in total. The highest BCUT2D eigenvalue weighted by atomic mass is 32.2. The highest BCUT2D eigenvalue weighted by Crippen LogP contribution is 2.26. The Balaban J connectivity index is 1.63. The lowest BCUT2D eigenvalue weighted by Crippen LogP contribution is -2.10. The molecular weight excluding hydrogens is 412 g/mol. The van der Waals surface area contributed by atoms with E-state index < -0.39 is 5.97 Å². The van der Waals surface area contributed by atoms with Crippen LogP contribution in [0.4, 0.5) is 0 Å². The number of nitrogens with one attached hydrogen (secondary N) is 1. The Morgan fingerprint density at radius 2 is 1.81 bits per heavy atom. The number of benzene rings is 2. The molecular formula is C23H20N4O3S. The number of aryl methyl sites for hydroxylation is 1. The molecule has 0 aliphatic carbocycles. The fourth-order valence-electron chi connectivity index (χ4n) is 3.09. The van der Waals surface area contributed by atoms with E-state index in [1.165, 1.54) is 18.9 Å². The van der Waals surface area contributed by atoms with E-state index in [0.29, 0.717) is 10.7 Å². The third-order valence-corrected chi connectivity index (χ3v) is 5.40. The van der Waals surface area contributed by atoms with Crippen molar-refractivity contribution in [2.45, 2.75) is 12.1 Å². The van der Waals surface area contributed by atoms with E-state index in [4.69, 9.17) is 4.74 Å². The van der Waals surface area contributed by atoms with Crippen LogP contribution in [-0.4, -0.2) is 43.9 Å². The molecule has 7 nitrogen and oxygen atoms in total. The smallest absolute Gasteiger partial charge is 0.345 e. The van der Waals surface area contributed by atoms with Crippen molar-refractivity contribution in [1.82, 2.24) is 19.9 Å². The summed E-state index contributed by atoms with van der Waals surface area (Å²) in [4.78, 5) is 28.9. The van der Waals surface area contributed by atoms with Gasteiger partial charge >= 0.3 is 5.97 Å². The number of imidazole rings is 1. The molecule has 156 valence electrons. The van der Waals surface area contributed by atoms with E-state index in [1.807, 2.05) is 67.6 Å². The number of fused-ring (bicyclic) bond motifs is 1. The van der Waals surface area contributed by atoms with Crippen LogP contribution in [-0.2, 0) is 9.53 Å². The van der Waals surface area contributed by atoms with Crippen LogP contribution in [0.3, 0.4) is 0 Å². The number of rotatable bonds is 6. The van der Waals surface area contributed by atoms with Crippen molar-refractivity contribution < 1.29 is 14.6 Å². The van der Waals surface area contributed by atoms with Crippen LogP contribution in [0.2, 0.25) is 0 Å². The minimum atomic E-state index is -0.674. The summed E-state index contributed by atoms with van der Waals surface area (Å²) in [5, 5.41) is 11.2. The predicted octanol–water partition coefficient (Wildman–Crippen LogP) is 4.56. The molecule has 0 fully saturated rings. The quantitative estimate of drug-likeness (QED) is 0.151. The van der Waals surface area contributed by atoms with Crippen LogP contribution >= 0.6 is 11.8 Å². The third kappa shape index (κ3) is 4.59. The lowest BCUT2D eigenvalue weighted by Gasteiger charge is -2.08. The topological polar surface area (TPSA) is 101 Å². The highest BCUT2D eigenvalue weighted by molar-refractivity contribution is 7.99. The molecule has 31 heavy (non-hydrogen) atoms. The van der Waals surface area contributed by atoms with Gasteiger partial charge in [0.1, 0.15) is 17.2 Å². The summed E-state index contributed by atoms with van der Waals surface area (Å²) in [5.74, 6) is -0.505. The number of thioether (sulfide) groups is 1. The van der Waals surface area contributed by atoms with E-state index in [1.54, 1.807) is 0 Å². The molecule has 2 heterocycles. The summed E-state index contributed by atoms with van der Waals surface area (Å²) in [6, 6.07) is 19.1. The molecule has 0 aliphatic heterocycles. The number of ether oxygens (including phenoxy) is 1. The van der Waals surface area contributed by atoms with Crippen molar-refractivity contribution in [2.24, 2.45) is 0 Å². The number of aromatic nitrogens is 4. The van der Waals surface area contributed by atoms with Crippen LogP contribution in [0.1, 0.15) is 11.5 Å². The number of methoxy groups -OCH3 is 1. The van der Waals surface area contributed by atoms with Crippen LogP contribution in [0.5, 0.6) is 0 Å². The summed E-state index contributed by atoms with van der Waals surface area (Å²) in [6.07, 6.45) is 0. The minimum Gasteiger partial charge on any atom is -0.510 e. The monoisotopic (exact) mass is 432 g/mol. The number of hydrogen-bond acceptors (Lipinski definition) is 7. The average molecular weight is 433 g/mol. The van der Waals surface area contributed by atoms with Crippen LogP contribution in [0.25, 0.3) is 27.9 Å². The number of esters is 1. The molecule has 8 heteroatoms. The van der Waals surface area contributed by atoms with Gasteiger partial charge in [-0.25, -0.2) is 19.7 Å². The number of aliphatic hydroxyl groups is 1. The van der Waals surface area contributed by atoms with Crippen LogP contribution in [0, 0.1) is 6.92 Å². The second kappa shape index (κ2) is 9.01. The summed E-state index contributed by atoms with van der Waals surface area (Å²) in [5.41, 5.74) is 4.02. The van der Waals surface area contributed by atoms with Gasteiger partial charge in [0.15, 0.2) is 5.16 Å². The molecule has 0 spiro atoms.